The molecule has 0 aromatic heterocycles. The Bertz CT molecular complexity index is 1590. The molecule has 4 aromatic rings. The highest BCUT2D eigenvalue weighted by Gasteiger charge is 2.38. The number of nitriles is 1. The molecular formula is C37H32N2O. The van der Waals surface area contributed by atoms with Crippen LogP contribution >= 0.6 is 0 Å². The molecule has 3 nitrogen and oxygen atoms in total. The number of para-hydroxylation sites is 4. The lowest BCUT2D eigenvalue weighted by Gasteiger charge is -2.42. The first kappa shape index (κ1) is 24.5. The third-order valence-corrected chi connectivity index (χ3v) is 8.92. The second-order valence-corrected chi connectivity index (χ2v) is 11.1. The van der Waals surface area contributed by atoms with Crippen LogP contribution in [0.5, 0.6) is 11.5 Å². The monoisotopic (exact) mass is 520 g/mol. The van der Waals surface area contributed by atoms with Crippen molar-refractivity contribution in [3.05, 3.63) is 132 Å². The Labute approximate surface area is 236 Å². The van der Waals surface area contributed by atoms with Gasteiger partial charge >= 0.3 is 0 Å². The van der Waals surface area contributed by atoms with Crippen molar-refractivity contribution >= 4 is 11.4 Å². The molecule has 1 unspecified atom stereocenters. The summed E-state index contributed by atoms with van der Waals surface area (Å²) in [6.45, 7) is 0. The number of anilines is 2. The summed E-state index contributed by atoms with van der Waals surface area (Å²) in [6, 6.07) is 36.2. The molecule has 4 aromatic carbocycles. The number of hydrogen-bond acceptors (Lipinski definition) is 3. The molecule has 0 spiro atoms. The third-order valence-electron chi connectivity index (χ3n) is 8.92. The molecule has 1 fully saturated rings. The summed E-state index contributed by atoms with van der Waals surface area (Å²) in [7, 11) is 0. The smallest absolute Gasteiger partial charge is 0.151 e. The fourth-order valence-electron chi connectivity index (χ4n) is 6.86. The maximum absolute atomic E-state index is 9.14. The van der Waals surface area contributed by atoms with Crippen molar-refractivity contribution in [2.45, 2.75) is 50.0 Å². The van der Waals surface area contributed by atoms with Crippen molar-refractivity contribution in [2.24, 2.45) is 0 Å². The van der Waals surface area contributed by atoms with Gasteiger partial charge in [0, 0.05) is 5.41 Å². The van der Waals surface area contributed by atoms with E-state index in [1.807, 2.05) is 36.4 Å². The van der Waals surface area contributed by atoms with E-state index in [4.69, 9.17) is 10.00 Å². The quantitative estimate of drug-likeness (QED) is 0.269. The Hall–Kier alpha value is -4.55. The van der Waals surface area contributed by atoms with Gasteiger partial charge in [0.05, 0.1) is 29.0 Å². The van der Waals surface area contributed by atoms with Gasteiger partial charge in [-0.05, 0) is 77.9 Å². The Morgan fingerprint density at radius 2 is 1.32 bits per heavy atom. The van der Waals surface area contributed by atoms with E-state index in [1.54, 1.807) is 0 Å². The predicted octanol–water partition coefficient (Wildman–Crippen LogP) is 9.63. The van der Waals surface area contributed by atoms with Crippen LogP contribution in [0, 0.1) is 11.3 Å². The zero-order valence-corrected chi connectivity index (χ0v) is 22.6. The molecule has 0 saturated heterocycles. The van der Waals surface area contributed by atoms with Gasteiger partial charge < -0.3 is 9.64 Å². The van der Waals surface area contributed by atoms with Crippen LogP contribution in [-0.2, 0) is 5.41 Å². The highest BCUT2D eigenvalue weighted by atomic mass is 16.5. The number of fused-ring (bicyclic) bond motifs is 2. The van der Waals surface area contributed by atoms with Crippen molar-refractivity contribution in [1.82, 2.24) is 0 Å². The topological polar surface area (TPSA) is 36.3 Å². The number of allylic oxidation sites excluding steroid dienone is 2. The average Bonchev–Trinajstić information content (AvgIpc) is 3.04. The van der Waals surface area contributed by atoms with Gasteiger partial charge in [-0.2, -0.15) is 5.26 Å². The normalized spacial score (nSPS) is 19.0. The lowest BCUT2D eigenvalue weighted by atomic mass is 9.63. The van der Waals surface area contributed by atoms with Gasteiger partial charge in [0.1, 0.15) is 0 Å². The molecule has 3 aliphatic rings. The minimum atomic E-state index is 0.0593. The SMILES string of the molecule is N#Cc1ccc(-c2ccc(C3(C4=CCC(N5c6ccccc6Oc6ccccc65)C=C4)CCCCC3)cc2)cc1. The molecule has 1 aliphatic heterocycles. The third kappa shape index (κ3) is 4.21. The summed E-state index contributed by atoms with van der Waals surface area (Å²) in [5, 5.41) is 9.14. The molecule has 0 amide bonds. The second-order valence-electron chi connectivity index (χ2n) is 11.1. The van der Waals surface area contributed by atoms with E-state index in [1.165, 1.54) is 48.8 Å². The molecule has 1 heterocycles. The van der Waals surface area contributed by atoms with Crippen LogP contribution in [0.25, 0.3) is 11.1 Å². The van der Waals surface area contributed by atoms with E-state index >= 15 is 0 Å². The fraction of sp³-hybridized carbons (Fsp3) is 0.216. The van der Waals surface area contributed by atoms with Crippen LogP contribution in [0.15, 0.2) is 121 Å². The molecule has 1 atom stereocenters. The lowest BCUT2D eigenvalue weighted by Crippen LogP contribution is -2.35. The number of ether oxygens (including phenoxy) is 1. The molecule has 0 N–H and O–H groups in total. The van der Waals surface area contributed by atoms with Crippen LogP contribution in [0.2, 0.25) is 0 Å². The zero-order chi connectivity index (χ0) is 26.9. The Morgan fingerprint density at radius 3 is 1.90 bits per heavy atom. The van der Waals surface area contributed by atoms with Crippen molar-refractivity contribution in [2.75, 3.05) is 4.90 Å². The van der Waals surface area contributed by atoms with E-state index in [2.05, 4.69) is 89.9 Å². The summed E-state index contributed by atoms with van der Waals surface area (Å²) < 4.78 is 6.25. The van der Waals surface area contributed by atoms with Crippen LogP contribution < -0.4 is 9.64 Å². The molecule has 40 heavy (non-hydrogen) atoms. The number of benzene rings is 4. The molecule has 196 valence electrons. The van der Waals surface area contributed by atoms with E-state index in [0.717, 1.165) is 34.9 Å². The zero-order valence-electron chi connectivity index (χ0n) is 22.6. The highest BCUT2D eigenvalue weighted by molar-refractivity contribution is 5.79. The van der Waals surface area contributed by atoms with Gasteiger partial charge in [0.25, 0.3) is 0 Å². The lowest BCUT2D eigenvalue weighted by molar-refractivity contribution is 0.343. The second kappa shape index (κ2) is 10.2. The minimum absolute atomic E-state index is 0.0593. The van der Waals surface area contributed by atoms with E-state index in [0.29, 0.717) is 5.56 Å². The first-order valence-corrected chi connectivity index (χ1v) is 14.4. The maximum atomic E-state index is 9.14. The first-order chi connectivity index (χ1) is 19.7. The largest absolute Gasteiger partial charge is 0.453 e. The molecular weight excluding hydrogens is 488 g/mol. The van der Waals surface area contributed by atoms with E-state index < -0.39 is 0 Å². The van der Waals surface area contributed by atoms with E-state index in [-0.39, 0.29) is 11.5 Å². The molecule has 7 rings (SSSR count). The minimum Gasteiger partial charge on any atom is -0.453 e. The van der Waals surface area contributed by atoms with Crippen LogP contribution in [-0.4, -0.2) is 6.04 Å². The highest BCUT2D eigenvalue weighted by Crippen LogP contribution is 2.50. The molecule has 1 saturated carbocycles. The van der Waals surface area contributed by atoms with E-state index in [9.17, 15) is 0 Å². The molecule has 2 aliphatic carbocycles. The standard InChI is InChI=1S/C37H32N2O/c38-26-27-12-14-28(15-13-27)29-16-18-30(19-17-29)37(24-6-1-7-25-37)31-20-22-32(23-21-31)39-33-8-2-4-10-35(33)40-36-11-5-3-9-34(36)39/h2-5,8-22,32H,1,6-7,23-25H2. The first-order valence-electron chi connectivity index (χ1n) is 14.4. The maximum Gasteiger partial charge on any atom is 0.151 e. The molecule has 0 bridgehead atoms. The van der Waals surface area contributed by atoms with Gasteiger partial charge in [-0.15, -0.1) is 0 Å². The van der Waals surface area contributed by atoms with Crippen molar-refractivity contribution in [1.29, 1.82) is 5.26 Å². The van der Waals surface area contributed by atoms with Crippen molar-refractivity contribution in [3.8, 4) is 28.7 Å². The van der Waals surface area contributed by atoms with Crippen LogP contribution in [0.1, 0.15) is 49.7 Å². The number of hydrogen-bond donors (Lipinski definition) is 0. The summed E-state index contributed by atoms with van der Waals surface area (Å²) >= 11 is 0. The Kier molecular flexibility index (Phi) is 6.25. The summed E-state index contributed by atoms with van der Waals surface area (Å²) in [6.07, 6.45) is 14.5. The Morgan fingerprint density at radius 1 is 0.725 bits per heavy atom. The van der Waals surface area contributed by atoms with Gasteiger partial charge in [0.15, 0.2) is 11.5 Å². The number of nitrogens with zero attached hydrogens (tertiary/aromatic N) is 2. The summed E-state index contributed by atoms with van der Waals surface area (Å²) in [5.41, 5.74) is 8.22. The predicted molar refractivity (Wildman–Crippen MR) is 162 cm³/mol. The van der Waals surface area contributed by atoms with Gasteiger partial charge in [-0.1, -0.05) is 98.2 Å². The molecule has 3 heteroatoms. The van der Waals surface area contributed by atoms with Crippen LogP contribution in [0.4, 0.5) is 11.4 Å². The van der Waals surface area contributed by atoms with Crippen molar-refractivity contribution < 1.29 is 4.74 Å². The fourth-order valence-corrected chi connectivity index (χ4v) is 6.86. The molecule has 0 radical (unpaired) electrons. The van der Waals surface area contributed by atoms with Crippen LogP contribution in [0.3, 0.4) is 0 Å². The van der Waals surface area contributed by atoms with Gasteiger partial charge in [-0.25, -0.2) is 0 Å². The Balaban J connectivity index is 1.19. The summed E-state index contributed by atoms with van der Waals surface area (Å²) in [5.74, 6) is 1.82. The average molecular weight is 521 g/mol. The van der Waals surface area contributed by atoms with Crippen molar-refractivity contribution in [3.63, 3.8) is 0 Å². The van der Waals surface area contributed by atoms with Gasteiger partial charge in [-0.3, -0.25) is 0 Å². The summed E-state index contributed by atoms with van der Waals surface area (Å²) in [4.78, 5) is 2.44. The van der Waals surface area contributed by atoms with Gasteiger partial charge in [0.2, 0.25) is 0 Å². The number of rotatable bonds is 4.